The van der Waals surface area contributed by atoms with Crippen LogP contribution in [0.5, 0.6) is 0 Å². The normalized spacial score (nSPS) is 18.1. The van der Waals surface area contributed by atoms with Gasteiger partial charge in [-0.15, -0.1) is 0 Å². The Morgan fingerprint density at radius 3 is 2.76 bits per heavy atom. The summed E-state index contributed by atoms with van der Waals surface area (Å²) in [6, 6.07) is 6.94. The summed E-state index contributed by atoms with van der Waals surface area (Å²) in [7, 11) is 0. The number of aromatic nitrogens is 2. The first kappa shape index (κ1) is 17.5. The number of aryl methyl sites for hydroxylation is 1. The molecule has 7 heteroatoms. The molecule has 0 saturated carbocycles. The van der Waals surface area contributed by atoms with E-state index in [4.69, 9.17) is 11.6 Å². The van der Waals surface area contributed by atoms with Crippen molar-refractivity contribution in [3.05, 3.63) is 53.6 Å². The molecule has 132 valence electrons. The number of imidazole rings is 1. The second kappa shape index (κ2) is 7.70. The third-order valence-electron chi connectivity index (χ3n) is 4.48. The van der Waals surface area contributed by atoms with Crippen LogP contribution < -0.4 is 0 Å². The summed E-state index contributed by atoms with van der Waals surface area (Å²) in [5, 5.41) is 0.609. The van der Waals surface area contributed by atoms with Crippen molar-refractivity contribution >= 4 is 23.4 Å². The molecule has 6 nitrogen and oxygen atoms in total. The van der Waals surface area contributed by atoms with E-state index in [1.54, 1.807) is 35.3 Å². The van der Waals surface area contributed by atoms with Crippen molar-refractivity contribution < 1.29 is 9.59 Å². The number of rotatable bonds is 6. The Morgan fingerprint density at radius 2 is 2.04 bits per heavy atom. The quantitative estimate of drug-likeness (QED) is 0.793. The molecule has 0 spiro atoms. The molecule has 2 amide bonds. The molecular formula is C18H21ClN4O2. The standard InChI is InChI=1S/C18H21ClN4O2/c1-14-18(25)22(11-15-5-2-3-6-16(15)19)12-17(24)23(14)9-4-8-21-10-7-20-13-21/h2-3,5-7,10,13-14H,4,8-9,11-12H2,1H3/t14-/m0/s1. The smallest absolute Gasteiger partial charge is 0.245 e. The number of carbonyl (C=O) groups excluding carboxylic acids is 2. The molecule has 0 unspecified atom stereocenters. The summed E-state index contributed by atoms with van der Waals surface area (Å²) >= 11 is 6.17. The van der Waals surface area contributed by atoms with Gasteiger partial charge in [0.05, 0.1) is 6.33 Å². The van der Waals surface area contributed by atoms with Gasteiger partial charge in [-0.1, -0.05) is 29.8 Å². The third-order valence-corrected chi connectivity index (χ3v) is 4.85. The van der Waals surface area contributed by atoms with Gasteiger partial charge in [-0.25, -0.2) is 4.98 Å². The fraction of sp³-hybridized carbons (Fsp3) is 0.389. The summed E-state index contributed by atoms with van der Waals surface area (Å²) in [5.41, 5.74) is 0.853. The first-order chi connectivity index (χ1) is 12.1. The molecule has 1 fully saturated rings. The van der Waals surface area contributed by atoms with Gasteiger partial charge in [-0.2, -0.15) is 0 Å². The van der Waals surface area contributed by atoms with Gasteiger partial charge in [-0.05, 0) is 25.0 Å². The number of hydrogen-bond donors (Lipinski definition) is 0. The Hall–Kier alpha value is -2.34. The van der Waals surface area contributed by atoms with Crippen LogP contribution in [0.3, 0.4) is 0 Å². The highest BCUT2D eigenvalue weighted by Crippen LogP contribution is 2.20. The molecule has 1 saturated heterocycles. The van der Waals surface area contributed by atoms with Crippen LogP contribution in [-0.4, -0.2) is 50.3 Å². The van der Waals surface area contributed by atoms with Gasteiger partial charge < -0.3 is 14.4 Å². The maximum atomic E-state index is 12.7. The van der Waals surface area contributed by atoms with E-state index in [2.05, 4.69) is 4.98 Å². The van der Waals surface area contributed by atoms with Gasteiger partial charge >= 0.3 is 0 Å². The molecule has 25 heavy (non-hydrogen) atoms. The second-order valence-electron chi connectivity index (χ2n) is 6.20. The van der Waals surface area contributed by atoms with Crippen LogP contribution in [-0.2, 0) is 22.7 Å². The van der Waals surface area contributed by atoms with Crippen LogP contribution in [0.1, 0.15) is 18.9 Å². The Kier molecular flexibility index (Phi) is 5.38. The lowest BCUT2D eigenvalue weighted by Crippen LogP contribution is -2.58. The highest BCUT2D eigenvalue weighted by atomic mass is 35.5. The first-order valence-electron chi connectivity index (χ1n) is 8.33. The molecule has 1 aliphatic rings. The molecule has 3 rings (SSSR count). The number of halogens is 1. The summed E-state index contributed by atoms with van der Waals surface area (Å²) in [6.07, 6.45) is 6.14. The molecule has 0 aliphatic carbocycles. The summed E-state index contributed by atoms with van der Waals surface area (Å²) in [5.74, 6) is -0.0630. The molecule has 1 aromatic heterocycles. The van der Waals surface area contributed by atoms with Gasteiger partial charge in [0.15, 0.2) is 0 Å². The Labute approximate surface area is 152 Å². The van der Waals surface area contributed by atoms with Crippen LogP contribution in [0.25, 0.3) is 0 Å². The van der Waals surface area contributed by atoms with Crippen molar-refractivity contribution in [2.24, 2.45) is 0 Å². The predicted octanol–water partition coefficient (Wildman–Crippen LogP) is 2.19. The van der Waals surface area contributed by atoms with Gasteiger partial charge in [-0.3, -0.25) is 9.59 Å². The van der Waals surface area contributed by atoms with Crippen molar-refractivity contribution in [2.75, 3.05) is 13.1 Å². The summed E-state index contributed by atoms with van der Waals surface area (Å²) < 4.78 is 1.96. The summed E-state index contributed by atoms with van der Waals surface area (Å²) in [6.45, 7) is 3.57. The minimum Gasteiger partial charge on any atom is -0.337 e. The number of benzene rings is 1. The molecule has 0 bridgehead atoms. The molecule has 1 aromatic carbocycles. The molecule has 1 atom stereocenters. The highest BCUT2D eigenvalue weighted by molar-refractivity contribution is 6.31. The van der Waals surface area contributed by atoms with Crippen LogP contribution in [0.4, 0.5) is 0 Å². The van der Waals surface area contributed by atoms with Gasteiger partial charge in [0.2, 0.25) is 11.8 Å². The van der Waals surface area contributed by atoms with E-state index in [1.165, 1.54) is 0 Å². The van der Waals surface area contributed by atoms with Crippen molar-refractivity contribution in [1.29, 1.82) is 0 Å². The van der Waals surface area contributed by atoms with E-state index in [9.17, 15) is 9.59 Å². The van der Waals surface area contributed by atoms with E-state index in [0.29, 0.717) is 18.1 Å². The van der Waals surface area contributed by atoms with E-state index >= 15 is 0 Å². The first-order valence-corrected chi connectivity index (χ1v) is 8.71. The van der Waals surface area contributed by atoms with Crippen molar-refractivity contribution in [2.45, 2.75) is 32.5 Å². The number of hydrogen-bond acceptors (Lipinski definition) is 3. The fourth-order valence-electron chi connectivity index (χ4n) is 3.07. The van der Waals surface area contributed by atoms with E-state index in [-0.39, 0.29) is 18.4 Å². The third kappa shape index (κ3) is 4.02. The van der Waals surface area contributed by atoms with Crippen molar-refractivity contribution in [3.63, 3.8) is 0 Å². The zero-order valence-electron chi connectivity index (χ0n) is 14.1. The SMILES string of the molecule is C[C@H]1C(=O)N(Cc2ccccc2Cl)CC(=O)N1CCCn1ccnc1. The van der Waals surface area contributed by atoms with Crippen molar-refractivity contribution in [1.82, 2.24) is 19.4 Å². The van der Waals surface area contributed by atoms with Gasteiger partial charge in [0, 0.05) is 37.1 Å². The minimum absolute atomic E-state index is 0.0233. The second-order valence-corrected chi connectivity index (χ2v) is 6.61. The molecular weight excluding hydrogens is 340 g/mol. The highest BCUT2D eigenvalue weighted by Gasteiger charge is 2.36. The number of piperazine rings is 1. The Bertz CT molecular complexity index is 747. The zero-order valence-corrected chi connectivity index (χ0v) is 14.9. The zero-order chi connectivity index (χ0) is 17.8. The lowest BCUT2D eigenvalue weighted by molar-refractivity contribution is -0.155. The van der Waals surface area contributed by atoms with E-state index in [0.717, 1.165) is 18.5 Å². The Morgan fingerprint density at radius 1 is 1.24 bits per heavy atom. The lowest BCUT2D eigenvalue weighted by Gasteiger charge is -2.39. The number of carbonyl (C=O) groups is 2. The van der Waals surface area contributed by atoms with E-state index in [1.807, 2.05) is 29.0 Å². The van der Waals surface area contributed by atoms with Crippen LogP contribution >= 0.6 is 11.6 Å². The topological polar surface area (TPSA) is 58.4 Å². The van der Waals surface area contributed by atoms with Crippen molar-refractivity contribution in [3.8, 4) is 0 Å². The van der Waals surface area contributed by atoms with Crippen LogP contribution in [0.15, 0.2) is 43.0 Å². The van der Waals surface area contributed by atoms with Gasteiger partial charge in [0.1, 0.15) is 12.6 Å². The lowest BCUT2D eigenvalue weighted by atomic mass is 10.1. The molecule has 2 aromatic rings. The fourth-order valence-corrected chi connectivity index (χ4v) is 3.27. The molecule has 0 N–H and O–H groups in total. The Balaban J connectivity index is 1.60. The maximum absolute atomic E-state index is 12.7. The number of nitrogens with zero attached hydrogens (tertiary/aromatic N) is 4. The van der Waals surface area contributed by atoms with Gasteiger partial charge in [0.25, 0.3) is 0 Å². The molecule has 1 aliphatic heterocycles. The molecule has 2 heterocycles. The molecule has 0 radical (unpaired) electrons. The average Bonchev–Trinajstić information content (AvgIpc) is 3.11. The number of amides is 2. The maximum Gasteiger partial charge on any atom is 0.245 e. The van der Waals surface area contributed by atoms with Crippen LogP contribution in [0, 0.1) is 0 Å². The predicted molar refractivity (Wildman–Crippen MR) is 94.9 cm³/mol. The monoisotopic (exact) mass is 360 g/mol. The van der Waals surface area contributed by atoms with E-state index < -0.39 is 6.04 Å². The summed E-state index contributed by atoms with van der Waals surface area (Å²) in [4.78, 5) is 32.4. The average molecular weight is 361 g/mol. The van der Waals surface area contributed by atoms with Crippen LogP contribution in [0.2, 0.25) is 5.02 Å². The largest absolute Gasteiger partial charge is 0.337 e. The minimum atomic E-state index is -0.452.